The monoisotopic (exact) mass is 390 g/mol. The van der Waals surface area contributed by atoms with Crippen molar-refractivity contribution in [2.75, 3.05) is 59.0 Å². The van der Waals surface area contributed by atoms with Crippen molar-refractivity contribution < 1.29 is 13.9 Å². The number of carbonyl (C=O) groups is 1. The van der Waals surface area contributed by atoms with Crippen LogP contribution in [0.1, 0.15) is 11.5 Å². The molecule has 2 aliphatic heterocycles. The van der Waals surface area contributed by atoms with Crippen molar-refractivity contribution in [2.45, 2.75) is 13.5 Å². The number of aromatic nitrogens is 1. The van der Waals surface area contributed by atoms with Crippen molar-refractivity contribution in [3.05, 3.63) is 29.0 Å². The zero-order chi connectivity index (χ0) is 18.6. The van der Waals surface area contributed by atoms with Crippen molar-refractivity contribution >= 4 is 17.2 Å². The Morgan fingerprint density at radius 2 is 1.89 bits per heavy atom. The van der Waals surface area contributed by atoms with E-state index < -0.39 is 0 Å². The van der Waals surface area contributed by atoms with Crippen molar-refractivity contribution in [3.63, 3.8) is 0 Å². The number of piperazine rings is 1. The highest BCUT2D eigenvalue weighted by molar-refractivity contribution is 7.13. The van der Waals surface area contributed by atoms with Gasteiger partial charge in [-0.05, 0) is 18.4 Å². The Morgan fingerprint density at radius 3 is 2.59 bits per heavy atom. The molecule has 0 bridgehead atoms. The molecule has 4 rings (SSSR count). The van der Waals surface area contributed by atoms with Gasteiger partial charge in [0.15, 0.2) is 0 Å². The SMILES string of the molecule is Cc1oc(-c2cccs2)nc1CN1CCN(CC(=O)N2CCOCC2)CC1. The molecule has 0 atom stereocenters. The van der Waals surface area contributed by atoms with Gasteiger partial charge in [-0.1, -0.05) is 6.07 Å². The molecule has 146 valence electrons. The van der Waals surface area contributed by atoms with Crippen LogP contribution in [0, 0.1) is 6.92 Å². The summed E-state index contributed by atoms with van der Waals surface area (Å²) in [6.07, 6.45) is 0. The molecule has 1 amide bonds. The van der Waals surface area contributed by atoms with E-state index in [1.165, 1.54) is 0 Å². The molecule has 0 radical (unpaired) electrons. The predicted octanol–water partition coefficient (Wildman–Crippen LogP) is 1.69. The van der Waals surface area contributed by atoms with Gasteiger partial charge in [-0.2, -0.15) is 0 Å². The average molecular weight is 391 g/mol. The number of amides is 1. The molecular formula is C19H26N4O3S. The molecule has 27 heavy (non-hydrogen) atoms. The van der Waals surface area contributed by atoms with Crippen LogP contribution in [-0.4, -0.2) is 84.6 Å². The Morgan fingerprint density at radius 1 is 1.15 bits per heavy atom. The Labute approximate surface area is 163 Å². The molecule has 0 unspecified atom stereocenters. The molecular weight excluding hydrogens is 364 g/mol. The lowest BCUT2D eigenvalue weighted by Gasteiger charge is -2.35. The van der Waals surface area contributed by atoms with E-state index in [-0.39, 0.29) is 5.91 Å². The number of rotatable bonds is 5. The summed E-state index contributed by atoms with van der Waals surface area (Å²) in [7, 11) is 0. The highest BCUT2D eigenvalue weighted by Crippen LogP contribution is 2.26. The Hall–Kier alpha value is -1.74. The highest BCUT2D eigenvalue weighted by atomic mass is 32.1. The number of morpholine rings is 1. The van der Waals surface area contributed by atoms with Gasteiger partial charge in [0.05, 0.1) is 30.3 Å². The molecule has 2 aromatic heterocycles. The number of hydrogen-bond donors (Lipinski definition) is 0. The smallest absolute Gasteiger partial charge is 0.236 e. The zero-order valence-corrected chi connectivity index (χ0v) is 16.5. The fourth-order valence-electron chi connectivity index (χ4n) is 3.50. The molecule has 2 aromatic rings. The summed E-state index contributed by atoms with van der Waals surface area (Å²) in [4.78, 5) is 24.7. The fourth-order valence-corrected chi connectivity index (χ4v) is 4.15. The number of nitrogens with zero attached hydrogens (tertiary/aromatic N) is 4. The molecule has 0 aliphatic carbocycles. The van der Waals surface area contributed by atoms with Crippen LogP contribution in [-0.2, 0) is 16.1 Å². The number of thiophene rings is 1. The summed E-state index contributed by atoms with van der Waals surface area (Å²) in [5.74, 6) is 1.83. The molecule has 2 saturated heterocycles. The first-order chi connectivity index (χ1) is 13.2. The lowest BCUT2D eigenvalue weighted by atomic mass is 10.2. The topological polar surface area (TPSA) is 62.1 Å². The van der Waals surface area contributed by atoms with Crippen molar-refractivity contribution in [1.82, 2.24) is 19.7 Å². The first-order valence-electron chi connectivity index (χ1n) is 9.49. The van der Waals surface area contributed by atoms with Crippen LogP contribution >= 0.6 is 11.3 Å². The highest BCUT2D eigenvalue weighted by Gasteiger charge is 2.24. The van der Waals surface area contributed by atoms with E-state index >= 15 is 0 Å². The van der Waals surface area contributed by atoms with Crippen molar-refractivity contribution in [2.24, 2.45) is 0 Å². The summed E-state index contributed by atoms with van der Waals surface area (Å²) in [5.41, 5.74) is 1.01. The Bertz CT molecular complexity index is 747. The maximum absolute atomic E-state index is 12.4. The Kier molecular flexibility index (Phi) is 5.87. The number of hydrogen-bond acceptors (Lipinski definition) is 7. The first kappa shape index (κ1) is 18.6. The largest absolute Gasteiger partial charge is 0.440 e. The van der Waals surface area contributed by atoms with Gasteiger partial charge in [-0.3, -0.25) is 14.6 Å². The molecule has 2 fully saturated rings. The second kappa shape index (κ2) is 8.52. The van der Waals surface area contributed by atoms with Gasteiger partial charge >= 0.3 is 0 Å². The third-order valence-corrected chi connectivity index (χ3v) is 6.04. The quantitative estimate of drug-likeness (QED) is 0.774. The third kappa shape index (κ3) is 4.57. The summed E-state index contributed by atoms with van der Waals surface area (Å²) in [6.45, 7) is 9.74. The minimum absolute atomic E-state index is 0.222. The van der Waals surface area contributed by atoms with E-state index in [4.69, 9.17) is 14.1 Å². The van der Waals surface area contributed by atoms with E-state index in [2.05, 4.69) is 9.80 Å². The van der Waals surface area contributed by atoms with Gasteiger partial charge in [0.2, 0.25) is 11.8 Å². The Balaban J connectivity index is 1.26. The van der Waals surface area contributed by atoms with Crippen molar-refractivity contribution in [3.8, 4) is 10.8 Å². The van der Waals surface area contributed by atoms with E-state index in [0.717, 1.165) is 62.1 Å². The maximum Gasteiger partial charge on any atom is 0.236 e. The van der Waals surface area contributed by atoms with Crippen molar-refractivity contribution in [1.29, 1.82) is 0 Å². The van der Waals surface area contributed by atoms with E-state index in [0.29, 0.717) is 25.6 Å². The van der Waals surface area contributed by atoms with Crippen LogP contribution < -0.4 is 0 Å². The normalized spacial score (nSPS) is 19.5. The molecule has 0 aromatic carbocycles. The number of carbonyl (C=O) groups excluding carboxylic acids is 1. The third-order valence-electron chi connectivity index (χ3n) is 5.19. The summed E-state index contributed by atoms with van der Waals surface area (Å²) in [5, 5.41) is 2.03. The van der Waals surface area contributed by atoms with Crippen LogP contribution in [0.4, 0.5) is 0 Å². The molecule has 0 saturated carbocycles. The first-order valence-corrected chi connectivity index (χ1v) is 10.4. The average Bonchev–Trinajstić information content (AvgIpc) is 3.34. The molecule has 0 N–H and O–H groups in total. The fraction of sp³-hybridized carbons (Fsp3) is 0.579. The zero-order valence-electron chi connectivity index (χ0n) is 15.7. The van der Waals surface area contributed by atoms with Gasteiger partial charge in [-0.15, -0.1) is 11.3 Å². The van der Waals surface area contributed by atoms with E-state index in [9.17, 15) is 4.79 Å². The van der Waals surface area contributed by atoms with Gasteiger partial charge in [0.25, 0.3) is 0 Å². The summed E-state index contributed by atoms with van der Waals surface area (Å²) < 4.78 is 11.2. The molecule has 7 nitrogen and oxygen atoms in total. The van der Waals surface area contributed by atoms with Gasteiger partial charge < -0.3 is 14.1 Å². The molecule has 4 heterocycles. The molecule has 0 spiro atoms. The predicted molar refractivity (Wildman–Crippen MR) is 104 cm³/mol. The minimum atomic E-state index is 0.222. The molecule has 2 aliphatic rings. The van der Waals surface area contributed by atoms with Crippen LogP contribution in [0.25, 0.3) is 10.8 Å². The van der Waals surface area contributed by atoms with E-state index in [1.807, 2.05) is 29.3 Å². The number of aryl methyl sites for hydroxylation is 1. The van der Waals surface area contributed by atoms with Crippen LogP contribution in [0.2, 0.25) is 0 Å². The van der Waals surface area contributed by atoms with Gasteiger partial charge in [0.1, 0.15) is 5.76 Å². The van der Waals surface area contributed by atoms with Crippen LogP contribution in [0.5, 0.6) is 0 Å². The van der Waals surface area contributed by atoms with E-state index in [1.54, 1.807) is 11.3 Å². The summed E-state index contributed by atoms with van der Waals surface area (Å²) in [6, 6.07) is 4.04. The van der Waals surface area contributed by atoms with Crippen LogP contribution in [0.15, 0.2) is 21.9 Å². The van der Waals surface area contributed by atoms with Gasteiger partial charge in [0, 0.05) is 45.8 Å². The van der Waals surface area contributed by atoms with Gasteiger partial charge in [-0.25, -0.2) is 4.98 Å². The number of ether oxygens (including phenoxy) is 1. The van der Waals surface area contributed by atoms with Crippen LogP contribution in [0.3, 0.4) is 0 Å². The second-order valence-corrected chi connectivity index (χ2v) is 7.99. The second-order valence-electron chi connectivity index (χ2n) is 7.04. The lowest BCUT2D eigenvalue weighted by Crippen LogP contribution is -2.51. The summed E-state index contributed by atoms with van der Waals surface area (Å²) >= 11 is 1.64. The lowest BCUT2D eigenvalue weighted by molar-refractivity contribution is -0.136. The minimum Gasteiger partial charge on any atom is -0.440 e. The number of oxazole rings is 1. The standard InChI is InChI=1S/C19H26N4O3S/c1-15-16(20-19(26-15)17-3-2-12-27-17)13-21-4-6-22(7-5-21)14-18(24)23-8-10-25-11-9-23/h2-3,12H,4-11,13-14H2,1H3. The maximum atomic E-state index is 12.4. The molecule has 8 heteroatoms.